The lowest BCUT2D eigenvalue weighted by Crippen LogP contribution is -2.46. The third-order valence-electron chi connectivity index (χ3n) is 5.81. The smallest absolute Gasteiger partial charge is 0.244 e. The van der Waals surface area contributed by atoms with Gasteiger partial charge in [-0.2, -0.15) is 0 Å². The lowest BCUT2D eigenvalue weighted by atomic mass is 10.0. The van der Waals surface area contributed by atoms with Gasteiger partial charge in [0.1, 0.15) is 5.82 Å². The Hall–Kier alpha value is -3.06. The fourth-order valence-corrected chi connectivity index (χ4v) is 3.93. The molecule has 0 aromatic heterocycles. The van der Waals surface area contributed by atoms with Crippen LogP contribution in [0.3, 0.4) is 0 Å². The topological polar surface area (TPSA) is 54.0 Å². The second-order valence-corrected chi connectivity index (χ2v) is 7.80. The largest absolute Gasteiger partial charge is 0.493 e. The molecule has 1 unspecified atom stereocenters. The number of likely N-dealkylation sites (N-methyl/N-ethyl adjacent to an activating group) is 1. The SMILES string of the molecule is CCN1CCN(c2ccc(F)cc2C(C)NC(=O)/C=C/c2ccc(OC)c(OC)c2)CC1. The first-order valence-corrected chi connectivity index (χ1v) is 10.9. The van der Waals surface area contributed by atoms with E-state index in [9.17, 15) is 9.18 Å². The van der Waals surface area contributed by atoms with Crippen LogP contribution in [-0.4, -0.2) is 57.8 Å². The molecule has 1 aliphatic rings. The molecule has 0 saturated carbocycles. The molecule has 2 aromatic carbocycles. The number of benzene rings is 2. The molecule has 0 bridgehead atoms. The second-order valence-electron chi connectivity index (χ2n) is 7.80. The zero-order valence-electron chi connectivity index (χ0n) is 19.2. The maximum atomic E-state index is 14.1. The molecule has 1 N–H and O–H groups in total. The number of nitrogens with zero attached hydrogens (tertiary/aromatic N) is 2. The van der Waals surface area contributed by atoms with E-state index in [4.69, 9.17) is 9.47 Å². The minimum absolute atomic E-state index is 0.252. The number of methoxy groups -OCH3 is 2. The number of anilines is 1. The maximum Gasteiger partial charge on any atom is 0.244 e. The van der Waals surface area contributed by atoms with Gasteiger partial charge in [-0.25, -0.2) is 4.39 Å². The van der Waals surface area contributed by atoms with Crippen molar-refractivity contribution in [3.8, 4) is 11.5 Å². The quantitative estimate of drug-likeness (QED) is 0.631. The van der Waals surface area contributed by atoms with E-state index >= 15 is 0 Å². The zero-order chi connectivity index (χ0) is 23.1. The van der Waals surface area contributed by atoms with Crippen LogP contribution in [0.5, 0.6) is 11.5 Å². The summed E-state index contributed by atoms with van der Waals surface area (Å²) < 4.78 is 24.6. The molecule has 1 heterocycles. The van der Waals surface area contributed by atoms with E-state index in [1.54, 1.807) is 32.4 Å². The van der Waals surface area contributed by atoms with Crippen LogP contribution in [0.25, 0.3) is 6.08 Å². The molecule has 0 spiro atoms. The summed E-state index contributed by atoms with van der Waals surface area (Å²) in [5.74, 6) is 0.660. The molecule has 1 saturated heterocycles. The van der Waals surface area contributed by atoms with Crippen LogP contribution >= 0.6 is 0 Å². The molecular formula is C25H32FN3O3. The van der Waals surface area contributed by atoms with Crippen LogP contribution in [0.2, 0.25) is 0 Å². The van der Waals surface area contributed by atoms with Gasteiger partial charge in [-0.15, -0.1) is 0 Å². The van der Waals surface area contributed by atoms with Crippen molar-refractivity contribution in [3.63, 3.8) is 0 Å². The van der Waals surface area contributed by atoms with E-state index < -0.39 is 0 Å². The maximum absolute atomic E-state index is 14.1. The van der Waals surface area contributed by atoms with Gasteiger partial charge in [0.05, 0.1) is 20.3 Å². The van der Waals surface area contributed by atoms with Crippen molar-refractivity contribution in [2.75, 3.05) is 51.8 Å². The van der Waals surface area contributed by atoms with Crippen LogP contribution in [0, 0.1) is 5.82 Å². The molecule has 1 atom stereocenters. The molecule has 172 valence electrons. The van der Waals surface area contributed by atoms with Gasteiger partial charge in [0.25, 0.3) is 0 Å². The summed E-state index contributed by atoms with van der Waals surface area (Å²) in [4.78, 5) is 17.2. The number of nitrogens with one attached hydrogen (secondary N) is 1. The average Bonchev–Trinajstić information content (AvgIpc) is 2.82. The normalized spacial score (nSPS) is 15.6. The third-order valence-corrected chi connectivity index (χ3v) is 5.81. The van der Waals surface area contributed by atoms with Crippen molar-refractivity contribution in [1.29, 1.82) is 0 Å². The predicted molar refractivity (Wildman–Crippen MR) is 126 cm³/mol. The van der Waals surface area contributed by atoms with Crippen molar-refractivity contribution in [2.24, 2.45) is 0 Å². The summed E-state index contributed by atoms with van der Waals surface area (Å²) in [5, 5.41) is 2.96. The van der Waals surface area contributed by atoms with Crippen LogP contribution in [0.4, 0.5) is 10.1 Å². The molecule has 0 aliphatic carbocycles. The minimum atomic E-state index is -0.340. The summed E-state index contributed by atoms with van der Waals surface area (Å²) >= 11 is 0. The van der Waals surface area contributed by atoms with Crippen molar-refractivity contribution in [2.45, 2.75) is 19.9 Å². The number of rotatable bonds is 8. The molecule has 1 amide bonds. The summed E-state index contributed by atoms with van der Waals surface area (Å²) in [7, 11) is 3.14. The first kappa shape index (κ1) is 23.6. The van der Waals surface area contributed by atoms with Gasteiger partial charge in [0.2, 0.25) is 5.91 Å². The van der Waals surface area contributed by atoms with Crippen LogP contribution in [0.15, 0.2) is 42.5 Å². The Morgan fingerprint density at radius 2 is 1.81 bits per heavy atom. The monoisotopic (exact) mass is 441 g/mol. The Labute approximate surface area is 189 Å². The van der Waals surface area contributed by atoms with Gasteiger partial charge in [-0.05, 0) is 55.4 Å². The summed E-state index contributed by atoms with van der Waals surface area (Å²) in [6.45, 7) is 8.78. The van der Waals surface area contributed by atoms with Crippen LogP contribution < -0.4 is 19.7 Å². The van der Waals surface area contributed by atoms with Gasteiger partial charge in [0.15, 0.2) is 11.5 Å². The molecule has 6 nitrogen and oxygen atoms in total. The standard InChI is InChI=1S/C25H32FN3O3/c1-5-28-12-14-29(15-13-28)22-9-8-20(26)17-21(22)18(2)27-25(30)11-7-19-6-10-23(31-3)24(16-19)32-4/h6-11,16-18H,5,12-15H2,1-4H3,(H,27,30)/b11-7+. The summed E-state index contributed by atoms with van der Waals surface area (Å²) in [6.07, 6.45) is 3.18. The van der Waals surface area contributed by atoms with E-state index in [0.29, 0.717) is 11.5 Å². The third kappa shape index (κ3) is 5.79. The molecule has 0 radical (unpaired) electrons. The fraction of sp³-hybridized carbons (Fsp3) is 0.400. The Morgan fingerprint density at radius 1 is 1.09 bits per heavy atom. The van der Waals surface area contributed by atoms with E-state index in [2.05, 4.69) is 22.0 Å². The predicted octanol–water partition coefficient (Wildman–Crippen LogP) is 3.88. The highest BCUT2D eigenvalue weighted by Gasteiger charge is 2.21. The van der Waals surface area contributed by atoms with Gasteiger partial charge in [-0.3, -0.25) is 4.79 Å². The van der Waals surface area contributed by atoms with Crippen molar-refractivity contribution < 1.29 is 18.7 Å². The molecule has 3 rings (SSSR count). The number of hydrogen-bond acceptors (Lipinski definition) is 5. The Kier molecular flexibility index (Phi) is 8.11. The zero-order valence-corrected chi connectivity index (χ0v) is 19.2. The van der Waals surface area contributed by atoms with Crippen LogP contribution in [0.1, 0.15) is 31.0 Å². The summed E-state index contributed by atoms with van der Waals surface area (Å²) in [6, 6.07) is 9.90. The van der Waals surface area contributed by atoms with E-state index in [-0.39, 0.29) is 17.8 Å². The van der Waals surface area contributed by atoms with Crippen molar-refractivity contribution >= 4 is 17.7 Å². The number of halogens is 1. The number of piperazine rings is 1. The van der Waals surface area contributed by atoms with Crippen molar-refractivity contribution in [1.82, 2.24) is 10.2 Å². The second kappa shape index (κ2) is 11.0. The highest BCUT2D eigenvalue weighted by molar-refractivity contribution is 5.92. The Morgan fingerprint density at radius 3 is 2.47 bits per heavy atom. The van der Waals surface area contributed by atoms with E-state index in [1.807, 2.05) is 19.1 Å². The first-order chi connectivity index (χ1) is 15.4. The lowest BCUT2D eigenvalue weighted by Gasteiger charge is -2.37. The molecule has 32 heavy (non-hydrogen) atoms. The van der Waals surface area contributed by atoms with Gasteiger partial charge in [0, 0.05) is 43.5 Å². The molecule has 1 aliphatic heterocycles. The van der Waals surface area contributed by atoms with Crippen LogP contribution in [-0.2, 0) is 4.79 Å². The Bertz CT molecular complexity index is 955. The number of ether oxygens (including phenoxy) is 2. The number of amides is 1. The lowest BCUT2D eigenvalue weighted by molar-refractivity contribution is -0.117. The van der Waals surface area contributed by atoms with E-state index in [0.717, 1.165) is 49.5 Å². The van der Waals surface area contributed by atoms with Gasteiger partial charge < -0.3 is 24.6 Å². The van der Waals surface area contributed by atoms with Crippen molar-refractivity contribution in [3.05, 3.63) is 59.4 Å². The minimum Gasteiger partial charge on any atom is -0.493 e. The molecular weight excluding hydrogens is 409 g/mol. The highest BCUT2D eigenvalue weighted by atomic mass is 19.1. The highest BCUT2D eigenvalue weighted by Crippen LogP contribution is 2.29. The molecule has 1 fully saturated rings. The fourth-order valence-electron chi connectivity index (χ4n) is 3.93. The number of carbonyl (C=O) groups excluding carboxylic acids is 1. The van der Waals surface area contributed by atoms with Gasteiger partial charge >= 0.3 is 0 Å². The Balaban J connectivity index is 1.70. The van der Waals surface area contributed by atoms with Gasteiger partial charge in [-0.1, -0.05) is 13.0 Å². The van der Waals surface area contributed by atoms with E-state index in [1.165, 1.54) is 18.2 Å². The average molecular weight is 442 g/mol. The molecule has 7 heteroatoms. The molecule has 2 aromatic rings. The first-order valence-electron chi connectivity index (χ1n) is 10.9. The summed E-state index contributed by atoms with van der Waals surface area (Å²) in [5.41, 5.74) is 2.56. The number of carbonyl (C=O) groups is 1. The number of hydrogen-bond donors (Lipinski definition) is 1.